The predicted octanol–water partition coefficient (Wildman–Crippen LogP) is 3.01. The van der Waals surface area contributed by atoms with Crippen molar-refractivity contribution in [1.82, 2.24) is 4.31 Å². The average molecular weight is 354 g/mol. The molecule has 7 heteroatoms. The minimum Gasteiger partial charge on any atom is -0.357 e. The number of anilines is 1. The number of amides is 1. The predicted molar refractivity (Wildman–Crippen MR) is 94.0 cm³/mol. The topological polar surface area (TPSA) is 66.9 Å². The first-order valence-corrected chi connectivity index (χ1v) is 9.70. The van der Waals surface area contributed by atoms with Crippen LogP contribution < -0.4 is 4.31 Å². The first kappa shape index (κ1) is 18.7. The van der Waals surface area contributed by atoms with Crippen molar-refractivity contribution in [2.24, 2.45) is 5.92 Å². The van der Waals surface area contributed by atoms with Crippen LogP contribution in [0.3, 0.4) is 0 Å². The summed E-state index contributed by atoms with van der Waals surface area (Å²) < 4.78 is 34.2. The zero-order chi connectivity index (χ0) is 18.1. The third-order valence-corrected chi connectivity index (χ3v) is 6.07. The van der Waals surface area contributed by atoms with Gasteiger partial charge in [0.1, 0.15) is 6.23 Å². The molecule has 0 N–H and O–H groups in total. The molecular weight excluding hydrogens is 328 g/mol. The van der Waals surface area contributed by atoms with Crippen LogP contribution in [0.25, 0.3) is 0 Å². The fraction of sp³-hybridized carbons (Fsp3) is 0.588. The lowest BCUT2D eigenvalue weighted by Gasteiger charge is -2.41. The second-order valence-electron chi connectivity index (χ2n) is 6.51. The SMILES string of the molecule is CCC(C)N1C(=O)c2ccccc2N(C(C)OCC(C)C)S1(=O)=O. The van der Waals surface area contributed by atoms with Crippen LogP contribution in [0.2, 0.25) is 0 Å². The lowest BCUT2D eigenvalue weighted by atomic mass is 10.1. The van der Waals surface area contributed by atoms with Gasteiger partial charge in [0.25, 0.3) is 5.91 Å². The minimum absolute atomic E-state index is 0.280. The van der Waals surface area contributed by atoms with E-state index in [9.17, 15) is 13.2 Å². The summed E-state index contributed by atoms with van der Waals surface area (Å²) in [5, 5.41) is 0. The van der Waals surface area contributed by atoms with E-state index in [2.05, 4.69) is 0 Å². The second kappa shape index (κ2) is 7.11. The maximum Gasteiger partial charge on any atom is 0.331 e. The van der Waals surface area contributed by atoms with E-state index in [0.717, 1.165) is 4.31 Å². The summed E-state index contributed by atoms with van der Waals surface area (Å²) >= 11 is 0. The van der Waals surface area contributed by atoms with Gasteiger partial charge in [-0.2, -0.15) is 8.42 Å². The molecule has 134 valence electrons. The summed E-state index contributed by atoms with van der Waals surface area (Å²) in [5.74, 6) is -0.199. The molecule has 1 aliphatic heterocycles. The van der Waals surface area contributed by atoms with Crippen molar-refractivity contribution in [2.45, 2.75) is 53.3 Å². The Morgan fingerprint density at radius 2 is 1.71 bits per heavy atom. The molecule has 1 aliphatic rings. The smallest absolute Gasteiger partial charge is 0.331 e. The molecule has 0 aromatic heterocycles. The first-order chi connectivity index (χ1) is 11.2. The van der Waals surface area contributed by atoms with Crippen molar-refractivity contribution in [3.8, 4) is 0 Å². The van der Waals surface area contributed by atoms with Crippen LogP contribution in [0.5, 0.6) is 0 Å². The van der Waals surface area contributed by atoms with E-state index in [-0.39, 0.29) is 5.92 Å². The standard InChI is InChI=1S/C17H26N2O4S/c1-6-13(4)18-17(20)15-9-7-8-10-16(15)19(24(18,21)22)14(5)23-11-12(2)3/h7-10,12-14H,6,11H2,1-5H3. The molecule has 2 atom stereocenters. The highest BCUT2D eigenvalue weighted by atomic mass is 32.2. The molecule has 0 spiro atoms. The number of fused-ring (bicyclic) bond motifs is 1. The summed E-state index contributed by atoms with van der Waals surface area (Å²) in [4.78, 5) is 12.7. The molecule has 0 fully saturated rings. The van der Waals surface area contributed by atoms with Gasteiger partial charge in [0, 0.05) is 6.04 Å². The molecule has 1 heterocycles. The number of ether oxygens (including phenoxy) is 1. The number of rotatable bonds is 6. The van der Waals surface area contributed by atoms with Gasteiger partial charge < -0.3 is 4.74 Å². The number of hydrogen-bond acceptors (Lipinski definition) is 4. The lowest BCUT2D eigenvalue weighted by molar-refractivity contribution is 0.0525. The van der Waals surface area contributed by atoms with E-state index in [1.807, 2.05) is 20.8 Å². The Labute approximate surface area is 144 Å². The van der Waals surface area contributed by atoms with Crippen molar-refractivity contribution >= 4 is 21.8 Å². The summed E-state index contributed by atoms with van der Waals surface area (Å²) in [6.45, 7) is 9.73. The Hall–Kier alpha value is -1.60. The van der Waals surface area contributed by atoms with Gasteiger partial charge in [-0.15, -0.1) is 0 Å². The van der Waals surface area contributed by atoms with Crippen LogP contribution in [0.1, 0.15) is 51.4 Å². The van der Waals surface area contributed by atoms with Gasteiger partial charge in [-0.1, -0.05) is 32.9 Å². The van der Waals surface area contributed by atoms with Crippen LogP contribution in [0, 0.1) is 5.92 Å². The van der Waals surface area contributed by atoms with Crippen LogP contribution >= 0.6 is 0 Å². The summed E-state index contributed by atoms with van der Waals surface area (Å²) in [5.41, 5.74) is 0.755. The highest BCUT2D eigenvalue weighted by Crippen LogP contribution is 2.35. The highest BCUT2D eigenvalue weighted by Gasteiger charge is 2.45. The van der Waals surface area contributed by atoms with Crippen molar-refractivity contribution < 1.29 is 17.9 Å². The number of benzene rings is 1. The number of para-hydroxylation sites is 1. The Balaban J connectivity index is 2.54. The maximum absolute atomic E-state index is 13.1. The zero-order valence-electron chi connectivity index (χ0n) is 14.9. The van der Waals surface area contributed by atoms with Crippen molar-refractivity contribution in [3.63, 3.8) is 0 Å². The van der Waals surface area contributed by atoms with Crippen LogP contribution in [0.4, 0.5) is 5.69 Å². The number of carbonyl (C=O) groups is 1. The van der Waals surface area contributed by atoms with E-state index >= 15 is 0 Å². The van der Waals surface area contributed by atoms with Crippen molar-refractivity contribution in [2.75, 3.05) is 10.9 Å². The van der Waals surface area contributed by atoms with Crippen LogP contribution in [-0.2, 0) is 14.9 Å². The van der Waals surface area contributed by atoms with Gasteiger partial charge >= 0.3 is 10.2 Å². The highest BCUT2D eigenvalue weighted by molar-refractivity contribution is 7.91. The summed E-state index contributed by atoms with van der Waals surface area (Å²) in [6.07, 6.45) is -0.152. The molecule has 2 rings (SSSR count). The summed E-state index contributed by atoms with van der Waals surface area (Å²) in [6, 6.07) is 6.35. The normalized spacial score (nSPS) is 19.3. The molecule has 1 aromatic carbocycles. The van der Waals surface area contributed by atoms with Gasteiger partial charge in [-0.25, -0.2) is 8.61 Å². The molecule has 1 aromatic rings. The van der Waals surface area contributed by atoms with Gasteiger partial charge in [0.2, 0.25) is 0 Å². The fourth-order valence-electron chi connectivity index (χ4n) is 2.67. The molecule has 24 heavy (non-hydrogen) atoms. The van der Waals surface area contributed by atoms with E-state index in [0.29, 0.717) is 24.3 Å². The lowest BCUT2D eigenvalue weighted by Crippen LogP contribution is -2.57. The summed E-state index contributed by atoms with van der Waals surface area (Å²) in [7, 11) is -3.99. The van der Waals surface area contributed by atoms with Crippen LogP contribution in [-0.4, -0.2) is 37.5 Å². The van der Waals surface area contributed by atoms with E-state index in [1.165, 1.54) is 4.31 Å². The van der Waals surface area contributed by atoms with Crippen molar-refractivity contribution in [3.05, 3.63) is 29.8 Å². The molecule has 6 nitrogen and oxygen atoms in total. The molecule has 1 amide bonds. The maximum atomic E-state index is 13.1. The molecular formula is C17H26N2O4S. The monoisotopic (exact) mass is 354 g/mol. The number of nitrogens with zero attached hydrogens (tertiary/aromatic N) is 2. The van der Waals surface area contributed by atoms with Gasteiger partial charge in [-0.3, -0.25) is 4.79 Å². The quantitative estimate of drug-likeness (QED) is 0.787. The Morgan fingerprint density at radius 1 is 1.08 bits per heavy atom. The largest absolute Gasteiger partial charge is 0.357 e. The first-order valence-electron chi connectivity index (χ1n) is 8.30. The van der Waals surface area contributed by atoms with E-state index in [1.54, 1.807) is 38.1 Å². The zero-order valence-corrected chi connectivity index (χ0v) is 15.7. The molecule has 0 saturated carbocycles. The molecule has 0 aliphatic carbocycles. The average Bonchev–Trinajstić information content (AvgIpc) is 2.52. The Kier molecular flexibility index (Phi) is 5.55. The third kappa shape index (κ3) is 3.28. The Morgan fingerprint density at radius 3 is 2.29 bits per heavy atom. The van der Waals surface area contributed by atoms with Gasteiger partial charge in [-0.05, 0) is 38.3 Å². The minimum atomic E-state index is -3.99. The van der Waals surface area contributed by atoms with Crippen LogP contribution in [0.15, 0.2) is 24.3 Å². The van der Waals surface area contributed by atoms with E-state index in [4.69, 9.17) is 4.74 Å². The van der Waals surface area contributed by atoms with Gasteiger partial charge in [0.15, 0.2) is 0 Å². The van der Waals surface area contributed by atoms with Crippen molar-refractivity contribution in [1.29, 1.82) is 0 Å². The fourth-order valence-corrected chi connectivity index (χ4v) is 4.61. The molecule has 0 radical (unpaired) electrons. The molecule has 2 unspecified atom stereocenters. The second-order valence-corrected chi connectivity index (χ2v) is 8.19. The third-order valence-electron chi connectivity index (χ3n) is 4.06. The Bertz CT molecular complexity index is 702. The number of hydrogen-bond donors (Lipinski definition) is 0. The number of carbonyl (C=O) groups excluding carboxylic acids is 1. The van der Waals surface area contributed by atoms with E-state index < -0.39 is 28.4 Å². The molecule has 0 bridgehead atoms. The molecule has 0 saturated heterocycles. The van der Waals surface area contributed by atoms with Gasteiger partial charge in [0.05, 0.1) is 17.9 Å².